The summed E-state index contributed by atoms with van der Waals surface area (Å²) >= 11 is 0. The fraction of sp³-hybridized carbons (Fsp3) is 0.300. The molecule has 2 rings (SSSR count). The van der Waals surface area contributed by atoms with E-state index < -0.39 is 0 Å². The van der Waals surface area contributed by atoms with E-state index in [1.165, 1.54) is 11.1 Å². The van der Waals surface area contributed by atoms with Crippen molar-refractivity contribution in [3.8, 4) is 0 Å². The van der Waals surface area contributed by atoms with Crippen LogP contribution in [0, 0.1) is 10.8 Å². The Morgan fingerprint density at radius 2 is 1.04 bits per heavy atom. The van der Waals surface area contributed by atoms with Crippen molar-refractivity contribution in [1.29, 1.82) is 10.8 Å². The number of aryl methyl sites for hydroxylation is 2. The highest BCUT2D eigenvalue weighted by molar-refractivity contribution is 5.95. The van der Waals surface area contributed by atoms with Gasteiger partial charge in [0.15, 0.2) is 0 Å². The minimum absolute atomic E-state index is 0.103. The molecule has 0 aromatic heterocycles. The highest BCUT2D eigenvalue weighted by atomic mass is 16.5. The number of hydrogen-bond donors (Lipinski definition) is 4. The number of nitrogens with two attached hydrogens (primary N) is 2. The first-order valence-electron chi connectivity index (χ1n) is 8.50. The van der Waals surface area contributed by atoms with Crippen molar-refractivity contribution < 1.29 is 4.74 Å². The van der Waals surface area contributed by atoms with Crippen molar-refractivity contribution in [2.75, 3.05) is 13.2 Å². The number of rotatable bonds is 10. The maximum Gasteiger partial charge on any atom is 0.122 e. The lowest BCUT2D eigenvalue weighted by Crippen LogP contribution is -2.10. The molecule has 2 aromatic rings. The predicted octanol–water partition coefficient (Wildman–Crippen LogP) is 2.84. The summed E-state index contributed by atoms with van der Waals surface area (Å²) in [5.41, 5.74) is 14.9. The van der Waals surface area contributed by atoms with Gasteiger partial charge in [0.05, 0.1) is 0 Å². The van der Waals surface area contributed by atoms with Gasteiger partial charge in [0, 0.05) is 24.3 Å². The zero-order valence-corrected chi connectivity index (χ0v) is 14.4. The Labute approximate surface area is 149 Å². The lowest BCUT2D eigenvalue weighted by atomic mass is 10.1. The Bertz CT molecular complexity index is 631. The Balaban J connectivity index is 1.57. The summed E-state index contributed by atoms with van der Waals surface area (Å²) in [5, 5.41) is 14.7. The second-order valence-corrected chi connectivity index (χ2v) is 6.04. The third kappa shape index (κ3) is 6.39. The molecular formula is C20H26N4O. The third-order valence-electron chi connectivity index (χ3n) is 4.04. The van der Waals surface area contributed by atoms with E-state index in [0.717, 1.165) is 50.0 Å². The molecule has 0 fully saturated rings. The molecular weight excluding hydrogens is 312 g/mol. The normalized spacial score (nSPS) is 10.6. The number of hydrogen-bond acceptors (Lipinski definition) is 3. The first-order valence-corrected chi connectivity index (χ1v) is 8.50. The predicted molar refractivity (Wildman–Crippen MR) is 102 cm³/mol. The topological polar surface area (TPSA) is 109 Å². The Hall–Kier alpha value is -2.66. The summed E-state index contributed by atoms with van der Waals surface area (Å²) in [4.78, 5) is 0. The standard InChI is InChI=1S/C20H26N4O/c21-19(22)17-9-5-15(6-10-17)3-1-13-25-14-2-4-16-7-11-18(12-8-16)20(23)24/h5-12H,1-4,13-14H2,(H3,21,22)(H3,23,24). The molecule has 0 aliphatic heterocycles. The van der Waals surface area contributed by atoms with Crippen LogP contribution >= 0.6 is 0 Å². The van der Waals surface area contributed by atoms with Crippen LogP contribution in [0.15, 0.2) is 48.5 Å². The molecule has 0 saturated carbocycles. The van der Waals surface area contributed by atoms with Crippen LogP contribution in [0.3, 0.4) is 0 Å². The summed E-state index contributed by atoms with van der Waals surface area (Å²) in [5.74, 6) is 0.205. The number of amidine groups is 2. The van der Waals surface area contributed by atoms with Gasteiger partial charge in [0.25, 0.3) is 0 Å². The maximum atomic E-state index is 7.37. The minimum atomic E-state index is 0.103. The average molecular weight is 338 g/mol. The Morgan fingerprint density at radius 1 is 0.680 bits per heavy atom. The minimum Gasteiger partial charge on any atom is -0.384 e. The van der Waals surface area contributed by atoms with Crippen LogP contribution in [-0.2, 0) is 17.6 Å². The Morgan fingerprint density at radius 3 is 1.36 bits per heavy atom. The zero-order chi connectivity index (χ0) is 18.1. The van der Waals surface area contributed by atoms with E-state index in [1.807, 2.05) is 48.5 Å². The maximum absolute atomic E-state index is 7.37. The average Bonchev–Trinajstić information content (AvgIpc) is 2.61. The number of nitrogen functional groups attached to an aromatic ring is 2. The van der Waals surface area contributed by atoms with Crippen molar-refractivity contribution in [3.05, 3.63) is 70.8 Å². The summed E-state index contributed by atoms with van der Waals surface area (Å²) in [6.45, 7) is 1.50. The van der Waals surface area contributed by atoms with Gasteiger partial charge in [-0.3, -0.25) is 10.8 Å². The van der Waals surface area contributed by atoms with Crippen LogP contribution in [0.25, 0.3) is 0 Å². The monoisotopic (exact) mass is 338 g/mol. The molecule has 0 amide bonds. The summed E-state index contributed by atoms with van der Waals surface area (Å²) in [6.07, 6.45) is 3.88. The second-order valence-electron chi connectivity index (χ2n) is 6.04. The molecule has 0 aliphatic carbocycles. The molecule has 0 heterocycles. The van der Waals surface area contributed by atoms with Crippen molar-refractivity contribution in [3.63, 3.8) is 0 Å². The first-order chi connectivity index (χ1) is 12.1. The fourth-order valence-electron chi connectivity index (χ4n) is 2.56. The highest BCUT2D eigenvalue weighted by Gasteiger charge is 1.99. The van der Waals surface area contributed by atoms with Gasteiger partial charge in [0.1, 0.15) is 11.7 Å². The molecule has 0 unspecified atom stereocenters. The molecule has 2 aromatic carbocycles. The van der Waals surface area contributed by atoms with Crippen LogP contribution in [0.1, 0.15) is 35.1 Å². The highest BCUT2D eigenvalue weighted by Crippen LogP contribution is 2.08. The van der Waals surface area contributed by atoms with Gasteiger partial charge in [-0.1, -0.05) is 48.5 Å². The van der Waals surface area contributed by atoms with E-state index in [4.69, 9.17) is 27.0 Å². The van der Waals surface area contributed by atoms with Crippen LogP contribution in [-0.4, -0.2) is 24.9 Å². The van der Waals surface area contributed by atoms with Gasteiger partial charge in [-0.2, -0.15) is 0 Å². The lowest BCUT2D eigenvalue weighted by Gasteiger charge is -2.06. The van der Waals surface area contributed by atoms with E-state index in [-0.39, 0.29) is 11.7 Å². The molecule has 0 bridgehead atoms. The van der Waals surface area contributed by atoms with Gasteiger partial charge in [-0.05, 0) is 36.8 Å². The van der Waals surface area contributed by atoms with Crippen molar-refractivity contribution in [2.24, 2.45) is 11.5 Å². The lowest BCUT2D eigenvalue weighted by molar-refractivity contribution is 0.130. The number of ether oxygens (including phenoxy) is 1. The molecule has 5 nitrogen and oxygen atoms in total. The van der Waals surface area contributed by atoms with Crippen LogP contribution < -0.4 is 11.5 Å². The zero-order valence-electron chi connectivity index (χ0n) is 14.4. The van der Waals surface area contributed by atoms with E-state index in [2.05, 4.69) is 0 Å². The second kappa shape index (κ2) is 9.59. The molecule has 132 valence electrons. The van der Waals surface area contributed by atoms with E-state index in [1.54, 1.807) is 0 Å². The summed E-state index contributed by atoms with van der Waals surface area (Å²) < 4.78 is 5.69. The van der Waals surface area contributed by atoms with Gasteiger partial charge in [0.2, 0.25) is 0 Å². The van der Waals surface area contributed by atoms with Crippen LogP contribution in [0.4, 0.5) is 0 Å². The van der Waals surface area contributed by atoms with Gasteiger partial charge < -0.3 is 16.2 Å². The van der Waals surface area contributed by atoms with Crippen molar-refractivity contribution in [2.45, 2.75) is 25.7 Å². The summed E-state index contributed by atoms with van der Waals surface area (Å²) in [6, 6.07) is 15.6. The summed E-state index contributed by atoms with van der Waals surface area (Å²) in [7, 11) is 0. The number of benzene rings is 2. The molecule has 6 N–H and O–H groups in total. The molecule has 0 radical (unpaired) electrons. The van der Waals surface area contributed by atoms with Crippen LogP contribution in [0.2, 0.25) is 0 Å². The van der Waals surface area contributed by atoms with Crippen LogP contribution in [0.5, 0.6) is 0 Å². The molecule has 5 heteroatoms. The van der Waals surface area contributed by atoms with E-state index in [0.29, 0.717) is 0 Å². The van der Waals surface area contributed by atoms with E-state index in [9.17, 15) is 0 Å². The third-order valence-corrected chi connectivity index (χ3v) is 4.04. The first kappa shape index (κ1) is 18.7. The number of nitrogens with one attached hydrogen (secondary N) is 2. The largest absolute Gasteiger partial charge is 0.384 e. The molecule has 0 spiro atoms. The quantitative estimate of drug-likeness (QED) is 0.304. The van der Waals surface area contributed by atoms with E-state index >= 15 is 0 Å². The van der Waals surface area contributed by atoms with Crippen molar-refractivity contribution >= 4 is 11.7 Å². The molecule has 0 saturated heterocycles. The molecule has 0 atom stereocenters. The SMILES string of the molecule is N=C(N)c1ccc(CCCOCCCc2ccc(C(=N)N)cc2)cc1. The Kier molecular flexibility index (Phi) is 7.16. The van der Waals surface area contributed by atoms with Crippen molar-refractivity contribution in [1.82, 2.24) is 0 Å². The fourth-order valence-corrected chi connectivity index (χ4v) is 2.56. The molecule has 25 heavy (non-hydrogen) atoms. The van der Waals surface area contributed by atoms with Gasteiger partial charge >= 0.3 is 0 Å². The van der Waals surface area contributed by atoms with Gasteiger partial charge in [-0.15, -0.1) is 0 Å². The molecule has 0 aliphatic rings. The van der Waals surface area contributed by atoms with Gasteiger partial charge in [-0.25, -0.2) is 0 Å². The smallest absolute Gasteiger partial charge is 0.122 e.